The number of rotatable bonds is 5. The molecule has 0 radical (unpaired) electrons. The van der Waals surface area contributed by atoms with Gasteiger partial charge >= 0.3 is 7.59 Å². The van der Waals surface area contributed by atoms with E-state index in [-0.39, 0.29) is 5.91 Å². The molecule has 1 amide bonds. The van der Waals surface area contributed by atoms with Crippen LogP contribution in [0, 0.1) is 20.8 Å². The third kappa shape index (κ3) is 4.18. The fourth-order valence-corrected chi connectivity index (χ4v) is 7.38. The summed E-state index contributed by atoms with van der Waals surface area (Å²) in [4.78, 5) is 13.8. The standard InChI is InChI=1S/C23H33N4O4P/c1-18-5-7-21(8-6-18)27-19(2)17-22(20(27)3)23(28)24(4)32(29,25-9-13-30-14-10-25)26-11-15-31-16-12-26/h5-8,17H,9-16H2,1-4H3. The Labute approximate surface area is 190 Å². The van der Waals surface area contributed by atoms with E-state index >= 15 is 0 Å². The van der Waals surface area contributed by atoms with Crippen LogP contribution in [0.2, 0.25) is 0 Å². The highest BCUT2D eigenvalue weighted by Gasteiger charge is 2.45. The van der Waals surface area contributed by atoms with Crippen molar-refractivity contribution in [3.05, 3.63) is 52.8 Å². The van der Waals surface area contributed by atoms with E-state index in [9.17, 15) is 9.36 Å². The molecule has 8 nitrogen and oxygen atoms in total. The summed E-state index contributed by atoms with van der Waals surface area (Å²) in [6, 6.07) is 10.1. The Morgan fingerprint density at radius 1 is 0.906 bits per heavy atom. The van der Waals surface area contributed by atoms with Gasteiger partial charge in [0, 0.05) is 50.3 Å². The predicted octanol–water partition coefficient (Wildman–Crippen LogP) is 3.25. The molecule has 3 heterocycles. The zero-order chi connectivity index (χ0) is 22.9. The van der Waals surface area contributed by atoms with Gasteiger partial charge in [-0.2, -0.15) is 0 Å². The molecule has 32 heavy (non-hydrogen) atoms. The van der Waals surface area contributed by atoms with Gasteiger partial charge in [-0.05, 0) is 39.0 Å². The minimum absolute atomic E-state index is 0.224. The second kappa shape index (κ2) is 9.49. The summed E-state index contributed by atoms with van der Waals surface area (Å²) in [6.45, 7) is 10.2. The van der Waals surface area contributed by atoms with Crippen molar-refractivity contribution < 1.29 is 18.8 Å². The van der Waals surface area contributed by atoms with Gasteiger partial charge in [0.2, 0.25) is 0 Å². The second-order valence-corrected chi connectivity index (χ2v) is 11.2. The van der Waals surface area contributed by atoms with Gasteiger partial charge in [-0.25, -0.2) is 9.34 Å². The quantitative estimate of drug-likeness (QED) is 0.639. The fraction of sp³-hybridized carbons (Fsp3) is 0.522. The van der Waals surface area contributed by atoms with Crippen LogP contribution in [0.5, 0.6) is 0 Å². The normalized spacial score (nSPS) is 18.6. The van der Waals surface area contributed by atoms with Crippen molar-refractivity contribution in [1.82, 2.24) is 18.6 Å². The van der Waals surface area contributed by atoms with Crippen LogP contribution in [-0.4, -0.2) is 84.1 Å². The van der Waals surface area contributed by atoms with E-state index in [1.807, 2.05) is 29.3 Å². The first-order valence-corrected chi connectivity index (χ1v) is 12.7. The van der Waals surface area contributed by atoms with Crippen LogP contribution in [0.15, 0.2) is 30.3 Å². The Bertz CT molecular complexity index is 986. The van der Waals surface area contributed by atoms with Gasteiger partial charge in [0.25, 0.3) is 5.91 Å². The van der Waals surface area contributed by atoms with E-state index in [2.05, 4.69) is 35.8 Å². The smallest absolute Gasteiger partial charge is 0.313 e. The average molecular weight is 461 g/mol. The van der Waals surface area contributed by atoms with E-state index in [0.717, 1.165) is 17.1 Å². The molecule has 0 spiro atoms. The minimum Gasteiger partial charge on any atom is -0.379 e. The largest absolute Gasteiger partial charge is 0.379 e. The van der Waals surface area contributed by atoms with E-state index in [4.69, 9.17) is 9.47 Å². The SMILES string of the molecule is Cc1ccc(-n2c(C)cc(C(=O)N(C)P(=O)(N3CCOCC3)N3CCOCC3)c2C)cc1. The molecule has 2 aromatic rings. The Kier molecular flexibility index (Phi) is 6.89. The van der Waals surface area contributed by atoms with Crippen LogP contribution in [0.1, 0.15) is 27.3 Å². The lowest BCUT2D eigenvalue weighted by Gasteiger charge is -2.45. The molecular weight excluding hydrogens is 427 g/mol. The summed E-state index contributed by atoms with van der Waals surface area (Å²) >= 11 is 0. The summed E-state index contributed by atoms with van der Waals surface area (Å²) < 4.78 is 33.0. The third-order valence-electron chi connectivity index (χ3n) is 6.35. The molecule has 2 aliphatic heterocycles. The van der Waals surface area contributed by atoms with Gasteiger partial charge in [0.1, 0.15) is 0 Å². The number of benzene rings is 1. The van der Waals surface area contributed by atoms with Gasteiger partial charge in [-0.1, -0.05) is 17.7 Å². The Balaban J connectivity index is 1.69. The first kappa shape index (κ1) is 23.2. The average Bonchev–Trinajstić information content (AvgIpc) is 3.13. The third-order valence-corrected chi connectivity index (χ3v) is 9.59. The lowest BCUT2D eigenvalue weighted by molar-refractivity contribution is 0.0451. The van der Waals surface area contributed by atoms with E-state index < -0.39 is 7.59 Å². The molecule has 2 saturated heterocycles. The molecule has 0 bridgehead atoms. The molecule has 0 unspecified atom stereocenters. The first-order valence-electron chi connectivity index (χ1n) is 11.1. The summed E-state index contributed by atoms with van der Waals surface area (Å²) in [7, 11) is -1.63. The van der Waals surface area contributed by atoms with Crippen LogP contribution < -0.4 is 0 Å². The molecular formula is C23H33N4O4P. The van der Waals surface area contributed by atoms with Gasteiger partial charge in [0.05, 0.1) is 32.0 Å². The van der Waals surface area contributed by atoms with Crippen molar-refractivity contribution in [1.29, 1.82) is 0 Å². The molecule has 0 atom stereocenters. The van der Waals surface area contributed by atoms with Crippen LogP contribution in [-0.2, 0) is 14.0 Å². The molecule has 9 heteroatoms. The zero-order valence-corrected chi connectivity index (χ0v) is 20.3. The Morgan fingerprint density at radius 2 is 1.41 bits per heavy atom. The summed E-state index contributed by atoms with van der Waals surface area (Å²) in [5.41, 5.74) is 4.59. The maximum atomic E-state index is 14.6. The molecule has 1 aromatic heterocycles. The highest BCUT2D eigenvalue weighted by atomic mass is 31.2. The van der Waals surface area contributed by atoms with Crippen molar-refractivity contribution >= 4 is 13.5 Å². The number of hydrogen-bond acceptors (Lipinski definition) is 4. The lowest BCUT2D eigenvalue weighted by Crippen LogP contribution is -2.48. The number of nitrogens with zero attached hydrogens (tertiary/aromatic N) is 4. The Hall–Kier alpha value is -1.96. The molecule has 0 N–H and O–H groups in total. The highest BCUT2D eigenvalue weighted by Crippen LogP contribution is 2.56. The number of ether oxygens (including phenoxy) is 2. The van der Waals surface area contributed by atoms with Crippen LogP contribution in [0.3, 0.4) is 0 Å². The number of amides is 1. The lowest BCUT2D eigenvalue weighted by atomic mass is 10.2. The number of morpholine rings is 2. The van der Waals surface area contributed by atoms with Crippen molar-refractivity contribution in [2.45, 2.75) is 20.8 Å². The van der Waals surface area contributed by atoms with Gasteiger partial charge in [0.15, 0.2) is 0 Å². The summed E-state index contributed by atoms with van der Waals surface area (Å²) in [5.74, 6) is -0.224. The molecule has 4 rings (SSSR count). The number of carbonyl (C=O) groups is 1. The van der Waals surface area contributed by atoms with E-state index in [1.165, 1.54) is 10.2 Å². The van der Waals surface area contributed by atoms with Gasteiger partial charge < -0.3 is 14.0 Å². The van der Waals surface area contributed by atoms with Gasteiger partial charge in [-0.3, -0.25) is 14.0 Å². The van der Waals surface area contributed by atoms with E-state index in [0.29, 0.717) is 58.2 Å². The molecule has 2 aliphatic rings. The Morgan fingerprint density at radius 3 is 1.91 bits per heavy atom. The molecule has 1 aromatic carbocycles. The maximum absolute atomic E-state index is 14.6. The first-order chi connectivity index (χ1) is 15.3. The minimum atomic E-state index is -3.31. The molecule has 2 fully saturated rings. The number of aryl methyl sites for hydroxylation is 2. The van der Waals surface area contributed by atoms with Crippen LogP contribution in [0.25, 0.3) is 5.69 Å². The number of hydrogen-bond donors (Lipinski definition) is 0. The van der Waals surface area contributed by atoms with Crippen molar-refractivity contribution in [3.63, 3.8) is 0 Å². The predicted molar refractivity (Wildman–Crippen MR) is 124 cm³/mol. The molecule has 0 aliphatic carbocycles. The molecule has 174 valence electrons. The summed E-state index contributed by atoms with van der Waals surface area (Å²) in [5, 5.41) is 0. The zero-order valence-electron chi connectivity index (χ0n) is 19.4. The van der Waals surface area contributed by atoms with Gasteiger partial charge in [-0.15, -0.1) is 0 Å². The van der Waals surface area contributed by atoms with Crippen molar-refractivity contribution in [3.8, 4) is 5.69 Å². The van der Waals surface area contributed by atoms with Crippen molar-refractivity contribution in [2.75, 3.05) is 59.7 Å². The number of aromatic nitrogens is 1. The number of carbonyl (C=O) groups excluding carboxylic acids is 1. The van der Waals surface area contributed by atoms with Crippen LogP contribution in [0.4, 0.5) is 0 Å². The topological polar surface area (TPSA) is 67.2 Å². The monoisotopic (exact) mass is 460 g/mol. The van der Waals surface area contributed by atoms with Crippen molar-refractivity contribution in [2.24, 2.45) is 0 Å². The van der Waals surface area contributed by atoms with E-state index in [1.54, 1.807) is 7.05 Å². The molecule has 0 saturated carbocycles. The highest BCUT2D eigenvalue weighted by molar-refractivity contribution is 7.57. The maximum Gasteiger partial charge on any atom is 0.313 e. The fourth-order valence-electron chi connectivity index (χ4n) is 4.55. The summed E-state index contributed by atoms with van der Waals surface area (Å²) in [6.07, 6.45) is 0. The second-order valence-electron chi connectivity index (χ2n) is 8.43. The van der Waals surface area contributed by atoms with Crippen LogP contribution >= 0.6 is 7.59 Å².